The van der Waals surface area contributed by atoms with Crippen LogP contribution in [0.3, 0.4) is 0 Å². The van der Waals surface area contributed by atoms with Crippen molar-refractivity contribution < 1.29 is 9.53 Å². The highest BCUT2D eigenvalue weighted by molar-refractivity contribution is 5.69. The molecule has 0 atom stereocenters. The zero-order valence-corrected chi connectivity index (χ0v) is 10.9. The Labute approximate surface area is 99.1 Å². The van der Waals surface area contributed by atoms with Crippen LogP contribution >= 0.6 is 0 Å². The standard InChI is InChI=1S/C13H25NO2/c1-13(2,3)16-12(15)8-7-11-14-9-5-4-6-10-14/h4-11H2,1-3H3. The number of nitrogens with zero attached hydrogens (tertiary/aromatic N) is 1. The lowest BCUT2D eigenvalue weighted by molar-refractivity contribution is -0.155. The molecule has 3 heteroatoms. The highest BCUT2D eigenvalue weighted by Gasteiger charge is 2.16. The molecule has 0 bridgehead atoms. The summed E-state index contributed by atoms with van der Waals surface area (Å²) in [4.78, 5) is 13.9. The Morgan fingerprint density at radius 3 is 2.38 bits per heavy atom. The lowest BCUT2D eigenvalue weighted by Gasteiger charge is -2.26. The fraction of sp³-hybridized carbons (Fsp3) is 0.923. The number of rotatable bonds is 4. The number of ether oxygens (including phenoxy) is 1. The Morgan fingerprint density at radius 1 is 1.19 bits per heavy atom. The predicted octanol–water partition coefficient (Wildman–Crippen LogP) is 2.59. The van der Waals surface area contributed by atoms with Crippen LogP contribution in [0.2, 0.25) is 0 Å². The molecular weight excluding hydrogens is 202 g/mol. The summed E-state index contributed by atoms with van der Waals surface area (Å²) in [5, 5.41) is 0. The van der Waals surface area contributed by atoms with Gasteiger partial charge in [-0.2, -0.15) is 0 Å². The normalized spacial score (nSPS) is 18.4. The summed E-state index contributed by atoms with van der Waals surface area (Å²) in [6.45, 7) is 9.18. The Morgan fingerprint density at radius 2 is 1.81 bits per heavy atom. The SMILES string of the molecule is CC(C)(C)OC(=O)CCCN1CCCCC1. The molecule has 0 aliphatic carbocycles. The van der Waals surface area contributed by atoms with Gasteiger partial charge in [0.1, 0.15) is 5.60 Å². The van der Waals surface area contributed by atoms with Gasteiger partial charge in [0, 0.05) is 6.42 Å². The van der Waals surface area contributed by atoms with Crippen molar-refractivity contribution in [2.24, 2.45) is 0 Å². The number of piperidine rings is 1. The first-order valence-electron chi connectivity index (χ1n) is 6.41. The molecule has 3 nitrogen and oxygen atoms in total. The van der Waals surface area contributed by atoms with Gasteiger partial charge in [0.2, 0.25) is 0 Å². The van der Waals surface area contributed by atoms with E-state index < -0.39 is 0 Å². The van der Waals surface area contributed by atoms with Gasteiger partial charge in [-0.3, -0.25) is 4.79 Å². The molecule has 1 aliphatic rings. The number of esters is 1. The first kappa shape index (κ1) is 13.5. The highest BCUT2D eigenvalue weighted by atomic mass is 16.6. The first-order chi connectivity index (χ1) is 7.47. The van der Waals surface area contributed by atoms with E-state index in [1.807, 2.05) is 20.8 Å². The number of carbonyl (C=O) groups excluding carboxylic acids is 1. The van der Waals surface area contributed by atoms with E-state index in [0.717, 1.165) is 13.0 Å². The van der Waals surface area contributed by atoms with Crippen LogP contribution in [0.1, 0.15) is 52.9 Å². The Kier molecular flexibility index (Phi) is 5.26. The largest absolute Gasteiger partial charge is 0.460 e. The summed E-state index contributed by atoms with van der Waals surface area (Å²) in [5.74, 6) is -0.0653. The minimum absolute atomic E-state index is 0.0653. The van der Waals surface area contributed by atoms with E-state index in [0.29, 0.717) is 6.42 Å². The number of likely N-dealkylation sites (tertiary alicyclic amines) is 1. The molecule has 0 saturated carbocycles. The van der Waals surface area contributed by atoms with Gasteiger partial charge < -0.3 is 9.64 Å². The molecule has 0 N–H and O–H groups in total. The molecular formula is C13H25NO2. The molecule has 0 spiro atoms. The van der Waals surface area contributed by atoms with Crippen molar-refractivity contribution in [3.8, 4) is 0 Å². The maximum atomic E-state index is 11.5. The van der Waals surface area contributed by atoms with Crippen LogP contribution < -0.4 is 0 Å². The molecule has 0 amide bonds. The van der Waals surface area contributed by atoms with Crippen molar-refractivity contribution in [3.05, 3.63) is 0 Å². The Bertz CT molecular complexity index is 214. The summed E-state index contributed by atoms with van der Waals surface area (Å²) < 4.78 is 5.27. The topological polar surface area (TPSA) is 29.5 Å². The van der Waals surface area contributed by atoms with Crippen LogP contribution in [0, 0.1) is 0 Å². The minimum Gasteiger partial charge on any atom is -0.460 e. The molecule has 0 aromatic carbocycles. The second kappa shape index (κ2) is 6.24. The smallest absolute Gasteiger partial charge is 0.306 e. The molecule has 0 radical (unpaired) electrons. The van der Waals surface area contributed by atoms with Gasteiger partial charge in [0.15, 0.2) is 0 Å². The fourth-order valence-corrected chi connectivity index (χ4v) is 2.02. The number of hydrogen-bond donors (Lipinski definition) is 0. The Hall–Kier alpha value is -0.570. The van der Waals surface area contributed by atoms with Gasteiger partial charge in [-0.1, -0.05) is 6.42 Å². The molecule has 0 aromatic rings. The fourth-order valence-electron chi connectivity index (χ4n) is 2.02. The average molecular weight is 227 g/mol. The molecule has 1 saturated heterocycles. The summed E-state index contributed by atoms with van der Waals surface area (Å²) in [6.07, 6.45) is 5.46. The zero-order chi connectivity index (χ0) is 12.0. The van der Waals surface area contributed by atoms with Crippen LogP contribution in [0.5, 0.6) is 0 Å². The van der Waals surface area contributed by atoms with Crippen molar-refractivity contribution in [2.75, 3.05) is 19.6 Å². The summed E-state index contributed by atoms with van der Waals surface area (Å²) in [6, 6.07) is 0. The van der Waals surface area contributed by atoms with E-state index in [2.05, 4.69) is 4.90 Å². The van der Waals surface area contributed by atoms with Gasteiger partial charge in [0.05, 0.1) is 0 Å². The lowest BCUT2D eigenvalue weighted by Crippen LogP contribution is -2.31. The van der Waals surface area contributed by atoms with Crippen molar-refractivity contribution in [3.63, 3.8) is 0 Å². The molecule has 16 heavy (non-hydrogen) atoms. The minimum atomic E-state index is -0.345. The van der Waals surface area contributed by atoms with Crippen LogP contribution in [-0.4, -0.2) is 36.1 Å². The molecule has 0 aromatic heterocycles. The van der Waals surface area contributed by atoms with Gasteiger partial charge in [-0.25, -0.2) is 0 Å². The second-order valence-electron chi connectivity index (χ2n) is 5.59. The zero-order valence-electron chi connectivity index (χ0n) is 10.9. The van der Waals surface area contributed by atoms with Crippen LogP contribution in [0.15, 0.2) is 0 Å². The van der Waals surface area contributed by atoms with Crippen LogP contribution in [-0.2, 0) is 9.53 Å². The third-order valence-corrected chi connectivity index (χ3v) is 2.72. The molecule has 1 heterocycles. The number of hydrogen-bond acceptors (Lipinski definition) is 3. The maximum absolute atomic E-state index is 11.5. The lowest BCUT2D eigenvalue weighted by atomic mass is 10.1. The third-order valence-electron chi connectivity index (χ3n) is 2.72. The second-order valence-corrected chi connectivity index (χ2v) is 5.59. The van der Waals surface area contributed by atoms with Crippen molar-refractivity contribution in [1.29, 1.82) is 0 Å². The van der Waals surface area contributed by atoms with E-state index in [9.17, 15) is 4.79 Å². The van der Waals surface area contributed by atoms with Gasteiger partial charge in [-0.05, 0) is 59.7 Å². The van der Waals surface area contributed by atoms with Crippen molar-refractivity contribution in [1.82, 2.24) is 4.90 Å². The number of carbonyl (C=O) groups is 1. The van der Waals surface area contributed by atoms with E-state index in [1.165, 1.54) is 32.4 Å². The average Bonchev–Trinajstić information content (AvgIpc) is 2.16. The van der Waals surface area contributed by atoms with Gasteiger partial charge in [-0.15, -0.1) is 0 Å². The van der Waals surface area contributed by atoms with Gasteiger partial charge >= 0.3 is 5.97 Å². The summed E-state index contributed by atoms with van der Waals surface area (Å²) in [7, 11) is 0. The van der Waals surface area contributed by atoms with Gasteiger partial charge in [0.25, 0.3) is 0 Å². The van der Waals surface area contributed by atoms with Crippen LogP contribution in [0.4, 0.5) is 0 Å². The van der Waals surface area contributed by atoms with E-state index in [1.54, 1.807) is 0 Å². The summed E-state index contributed by atoms with van der Waals surface area (Å²) >= 11 is 0. The molecule has 0 unspecified atom stereocenters. The summed E-state index contributed by atoms with van der Waals surface area (Å²) in [5.41, 5.74) is -0.345. The quantitative estimate of drug-likeness (QED) is 0.691. The molecule has 1 aliphatic heterocycles. The molecule has 94 valence electrons. The monoisotopic (exact) mass is 227 g/mol. The predicted molar refractivity (Wildman–Crippen MR) is 65.4 cm³/mol. The molecule has 1 rings (SSSR count). The third kappa shape index (κ3) is 6.11. The molecule has 1 fully saturated rings. The van der Waals surface area contributed by atoms with E-state index in [-0.39, 0.29) is 11.6 Å². The Balaban J connectivity index is 2.08. The first-order valence-corrected chi connectivity index (χ1v) is 6.41. The highest BCUT2D eigenvalue weighted by Crippen LogP contribution is 2.11. The van der Waals surface area contributed by atoms with Crippen molar-refractivity contribution >= 4 is 5.97 Å². The van der Waals surface area contributed by atoms with Crippen LogP contribution in [0.25, 0.3) is 0 Å². The maximum Gasteiger partial charge on any atom is 0.306 e. The van der Waals surface area contributed by atoms with E-state index in [4.69, 9.17) is 4.74 Å². The van der Waals surface area contributed by atoms with Crippen molar-refractivity contribution in [2.45, 2.75) is 58.5 Å². The van der Waals surface area contributed by atoms with E-state index >= 15 is 0 Å².